The van der Waals surface area contributed by atoms with Gasteiger partial charge in [0.2, 0.25) is 0 Å². The smallest absolute Gasteiger partial charge is 0.174 e. The summed E-state index contributed by atoms with van der Waals surface area (Å²) >= 11 is 1.57. The Bertz CT molecular complexity index is 458. The number of nitrogen functional groups attached to an aromatic ring is 1. The lowest BCUT2D eigenvalue weighted by molar-refractivity contribution is 0.683. The van der Waals surface area contributed by atoms with E-state index in [9.17, 15) is 0 Å². The molecule has 0 aromatic carbocycles. The molecule has 0 radical (unpaired) electrons. The van der Waals surface area contributed by atoms with Crippen molar-refractivity contribution >= 4 is 16.3 Å². The molecule has 2 heterocycles. The molecule has 4 nitrogen and oxygen atoms in total. The van der Waals surface area contributed by atoms with Gasteiger partial charge in [-0.05, 0) is 25.0 Å². The highest BCUT2D eigenvalue weighted by molar-refractivity contribution is 7.19. The van der Waals surface area contributed by atoms with E-state index in [1.165, 1.54) is 5.56 Å². The molecular weight excluding hydrogens is 208 g/mol. The first-order valence-corrected chi connectivity index (χ1v) is 5.78. The van der Waals surface area contributed by atoms with E-state index in [0.29, 0.717) is 0 Å². The van der Waals surface area contributed by atoms with Gasteiger partial charge in [-0.25, -0.2) is 0 Å². The van der Waals surface area contributed by atoms with E-state index in [2.05, 4.69) is 21.7 Å². The van der Waals surface area contributed by atoms with Crippen molar-refractivity contribution in [1.82, 2.24) is 14.8 Å². The lowest BCUT2D eigenvalue weighted by atomic mass is 10.3. The molecule has 15 heavy (non-hydrogen) atoms. The van der Waals surface area contributed by atoms with Crippen LogP contribution in [0.1, 0.15) is 18.9 Å². The molecule has 0 atom stereocenters. The topological polar surface area (TPSA) is 56.7 Å². The molecule has 80 valence electrons. The average molecular weight is 222 g/mol. The Labute approximate surface area is 92.8 Å². The second kappa shape index (κ2) is 4.02. The first kappa shape index (κ1) is 10.2. The average Bonchev–Trinajstić information content (AvgIpc) is 2.73. The summed E-state index contributed by atoms with van der Waals surface area (Å²) in [5.74, 6) is 0.927. The number of nitrogens with two attached hydrogens (primary N) is 1. The third-order valence-electron chi connectivity index (χ3n) is 2.22. The zero-order chi connectivity index (χ0) is 10.8. The molecule has 5 heteroatoms. The van der Waals surface area contributed by atoms with Crippen molar-refractivity contribution in [3.63, 3.8) is 0 Å². The molecule has 0 aliphatic rings. The highest BCUT2D eigenvalue weighted by atomic mass is 32.1. The molecule has 0 saturated heterocycles. The summed E-state index contributed by atoms with van der Waals surface area (Å²) in [4.78, 5) is 1.12. The normalized spacial score (nSPS) is 10.8. The van der Waals surface area contributed by atoms with Crippen LogP contribution >= 0.6 is 11.3 Å². The van der Waals surface area contributed by atoms with Crippen LogP contribution in [0.15, 0.2) is 12.4 Å². The van der Waals surface area contributed by atoms with Gasteiger partial charge in [0.15, 0.2) is 5.82 Å². The summed E-state index contributed by atoms with van der Waals surface area (Å²) < 4.78 is 2.07. The van der Waals surface area contributed by atoms with Gasteiger partial charge in [0, 0.05) is 6.54 Å². The van der Waals surface area contributed by atoms with E-state index >= 15 is 0 Å². The van der Waals surface area contributed by atoms with E-state index in [0.717, 1.165) is 28.7 Å². The van der Waals surface area contributed by atoms with Crippen molar-refractivity contribution in [2.75, 3.05) is 5.73 Å². The Balaban J connectivity index is 2.44. The van der Waals surface area contributed by atoms with Crippen LogP contribution in [0.25, 0.3) is 10.7 Å². The lowest BCUT2D eigenvalue weighted by Crippen LogP contribution is -1.97. The molecule has 0 fully saturated rings. The molecule has 0 aliphatic carbocycles. The molecule has 0 saturated carbocycles. The first-order chi connectivity index (χ1) is 7.22. The molecule has 0 bridgehead atoms. The van der Waals surface area contributed by atoms with Crippen LogP contribution in [0, 0.1) is 6.92 Å². The monoisotopic (exact) mass is 222 g/mol. The number of hydrogen-bond donors (Lipinski definition) is 1. The molecule has 0 spiro atoms. The fourth-order valence-corrected chi connectivity index (χ4v) is 2.50. The zero-order valence-electron chi connectivity index (χ0n) is 8.90. The number of aryl methyl sites for hydroxylation is 2. The Hall–Kier alpha value is -1.36. The maximum atomic E-state index is 5.77. The van der Waals surface area contributed by atoms with E-state index in [4.69, 9.17) is 5.73 Å². The molecule has 0 aliphatic heterocycles. The first-order valence-electron chi connectivity index (χ1n) is 4.96. The van der Waals surface area contributed by atoms with Gasteiger partial charge in [-0.15, -0.1) is 21.5 Å². The third-order valence-corrected chi connectivity index (χ3v) is 3.28. The fraction of sp³-hybridized carbons (Fsp3) is 0.400. The van der Waals surface area contributed by atoms with Crippen LogP contribution in [-0.4, -0.2) is 14.8 Å². The highest BCUT2D eigenvalue weighted by Crippen LogP contribution is 2.32. The van der Waals surface area contributed by atoms with Crippen molar-refractivity contribution in [2.24, 2.45) is 0 Å². The van der Waals surface area contributed by atoms with E-state index < -0.39 is 0 Å². The number of rotatable bonds is 3. The van der Waals surface area contributed by atoms with Crippen molar-refractivity contribution in [1.29, 1.82) is 0 Å². The van der Waals surface area contributed by atoms with Crippen LogP contribution in [0.4, 0.5) is 5.00 Å². The SMILES string of the molecule is CCCn1cnnc1-c1sc(N)cc1C. The number of thiophene rings is 1. The van der Waals surface area contributed by atoms with Gasteiger partial charge >= 0.3 is 0 Å². The van der Waals surface area contributed by atoms with Crippen molar-refractivity contribution in [3.05, 3.63) is 18.0 Å². The quantitative estimate of drug-likeness (QED) is 0.867. The molecule has 0 unspecified atom stereocenters. The Morgan fingerprint density at radius 3 is 2.93 bits per heavy atom. The van der Waals surface area contributed by atoms with Crippen molar-refractivity contribution < 1.29 is 0 Å². The predicted octanol–water partition coefficient (Wildman–Crippen LogP) is 2.31. The second-order valence-corrected chi connectivity index (χ2v) is 4.59. The Kier molecular flexibility index (Phi) is 2.73. The number of anilines is 1. The van der Waals surface area contributed by atoms with Gasteiger partial charge in [-0.1, -0.05) is 6.92 Å². The van der Waals surface area contributed by atoms with Crippen LogP contribution in [0.3, 0.4) is 0 Å². The number of aromatic nitrogens is 3. The van der Waals surface area contributed by atoms with Crippen LogP contribution < -0.4 is 5.73 Å². The Morgan fingerprint density at radius 1 is 1.53 bits per heavy atom. The predicted molar refractivity (Wildman–Crippen MR) is 62.8 cm³/mol. The third kappa shape index (κ3) is 1.87. The minimum atomic E-state index is 0.827. The van der Waals surface area contributed by atoms with Gasteiger partial charge in [0.25, 0.3) is 0 Å². The second-order valence-electron chi connectivity index (χ2n) is 3.51. The summed E-state index contributed by atoms with van der Waals surface area (Å²) in [6.07, 6.45) is 2.85. The summed E-state index contributed by atoms with van der Waals surface area (Å²) in [5, 5.41) is 8.92. The maximum Gasteiger partial charge on any atom is 0.174 e. The zero-order valence-corrected chi connectivity index (χ0v) is 9.71. The van der Waals surface area contributed by atoms with Crippen LogP contribution in [0.5, 0.6) is 0 Å². The van der Waals surface area contributed by atoms with Gasteiger partial charge in [0.1, 0.15) is 6.33 Å². The molecule has 2 aromatic rings. The largest absolute Gasteiger partial charge is 0.391 e. The molecular formula is C10H14N4S. The molecule has 2 aromatic heterocycles. The van der Waals surface area contributed by atoms with Crippen molar-refractivity contribution in [2.45, 2.75) is 26.8 Å². The van der Waals surface area contributed by atoms with E-state index in [1.54, 1.807) is 17.7 Å². The highest BCUT2D eigenvalue weighted by Gasteiger charge is 2.12. The van der Waals surface area contributed by atoms with Gasteiger partial charge in [0.05, 0.1) is 9.88 Å². The summed E-state index contributed by atoms with van der Waals surface area (Å²) in [5.41, 5.74) is 6.94. The number of hydrogen-bond acceptors (Lipinski definition) is 4. The van der Waals surface area contributed by atoms with Gasteiger partial charge < -0.3 is 10.3 Å². The molecule has 0 amide bonds. The summed E-state index contributed by atoms with van der Waals surface area (Å²) in [6.45, 7) is 5.13. The standard InChI is InChI=1S/C10H14N4S/c1-3-4-14-6-12-13-10(14)9-7(2)5-8(11)15-9/h5-6H,3-4,11H2,1-2H3. The van der Waals surface area contributed by atoms with Crippen LogP contribution in [0.2, 0.25) is 0 Å². The fourth-order valence-electron chi connectivity index (χ4n) is 1.56. The molecule has 2 N–H and O–H groups in total. The summed E-state index contributed by atoms with van der Waals surface area (Å²) in [6, 6.07) is 1.98. The number of nitrogens with zero attached hydrogens (tertiary/aromatic N) is 3. The van der Waals surface area contributed by atoms with Gasteiger partial charge in [-0.3, -0.25) is 0 Å². The van der Waals surface area contributed by atoms with E-state index in [-0.39, 0.29) is 0 Å². The van der Waals surface area contributed by atoms with Crippen LogP contribution in [-0.2, 0) is 6.54 Å². The van der Waals surface area contributed by atoms with Crippen molar-refractivity contribution in [3.8, 4) is 10.7 Å². The maximum absolute atomic E-state index is 5.77. The Morgan fingerprint density at radius 2 is 2.33 bits per heavy atom. The lowest BCUT2D eigenvalue weighted by Gasteiger charge is -2.02. The minimum Gasteiger partial charge on any atom is -0.391 e. The molecule has 2 rings (SSSR count). The van der Waals surface area contributed by atoms with E-state index in [1.807, 2.05) is 13.0 Å². The minimum absolute atomic E-state index is 0.827. The summed E-state index contributed by atoms with van der Waals surface area (Å²) in [7, 11) is 0. The van der Waals surface area contributed by atoms with Gasteiger partial charge in [-0.2, -0.15) is 0 Å².